The van der Waals surface area contributed by atoms with Gasteiger partial charge in [0.15, 0.2) is 0 Å². The van der Waals surface area contributed by atoms with Crippen LogP contribution >= 0.6 is 0 Å². The first-order valence-electron chi connectivity index (χ1n) is 13.8. The molecule has 3 aliphatic rings. The lowest BCUT2D eigenvalue weighted by Gasteiger charge is -2.44. The number of hydrogen-bond acceptors (Lipinski definition) is 6. The first-order chi connectivity index (χ1) is 18.8. The molecule has 0 aromatic heterocycles. The maximum absolute atomic E-state index is 14.5. The molecule has 3 heterocycles. The molecule has 2 aromatic rings. The zero-order valence-electron chi connectivity index (χ0n) is 22.0. The van der Waals surface area contributed by atoms with Crippen molar-refractivity contribution in [1.82, 2.24) is 9.21 Å². The molecule has 3 fully saturated rings. The van der Waals surface area contributed by atoms with Crippen molar-refractivity contribution >= 4 is 15.9 Å². The summed E-state index contributed by atoms with van der Waals surface area (Å²) in [5, 5.41) is 10.4. The molecule has 3 aliphatic heterocycles. The third-order valence-electron chi connectivity index (χ3n) is 8.09. The number of benzene rings is 2. The predicted octanol–water partition coefficient (Wildman–Crippen LogP) is 3.00. The predicted molar refractivity (Wildman–Crippen MR) is 143 cm³/mol. The zero-order valence-corrected chi connectivity index (χ0v) is 22.8. The van der Waals surface area contributed by atoms with Crippen LogP contribution in [0.4, 0.5) is 4.39 Å². The number of aliphatic hydroxyl groups is 1. The third kappa shape index (κ3) is 6.69. The van der Waals surface area contributed by atoms with Gasteiger partial charge in [-0.3, -0.25) is 4.79 Å². The first-order valence-corrected chi connectivity index (χ1v) is 15.2. The summed E-state index contributed by atoms with van der Waals surface area (Å²) < 4.78 is 54.5. The number of carbonyl (C=O) groups excluding carboxylic acids is 1. The molecule has 0 spiro atoms. The highest BCUT2D eigenvalue weighted by molar-refractivity contribution is 7.89. The minimum atomic E-state index is -4.23. The molecule has 1 N–H and O–H groups in total. The quantitative estimate of drug-likeness (QED) is 0.584. The van der Waals surface area contributed by atoms with Gasteiger partial charge in [0.05, 0.1) is 44.0 Å². The number of likely N-dealkylation sites (tertiary alicyclic amines) is 1. The number of hydrogen-bond donors (Lipinski definition) is 1. The second-order valence-electron chi connectivity index (χ2n) is 10.9. The highest BCUT2D eigenvalue weighted by Crippen LogP contribution is 2.32. The number of amides is 1. The fourth-order valence-electron chi connectivity index (χ4n) is 6.01. The second kappa shape index (κ2) is 12.4. The fraction of sp³-hybridized carbons (Fsp3) is 0.552. The Hall–Kier alpha value is -2.37. The van der Waals surface area contributed by atoms with Crippen molar-refractivity contribution in [2.75, 3.05) is 32.8 Å². The number of aliphatic hydroxyl groups excluding tert-OH is 1. The van der Waals surface area contributed by atoms with E-state index in [0.29, 0.717) is 18.8 Å². The lowest BCUT2D eigenvalue weighted by molar-refractivity contribution is -0.152. The van der Waals surface area contributed by atoms with Gasteiger partial charge in [0.1, 0.15) is 10.7 Å². The highest BCUT2D eigenvalue weighted by atomic mass is 32.2. The molecule has 0 aliphatic carbocycles. The standard InChI is InChI=1S/C29H37FN2O6S/c30-25-8-4-5-9-28(25)39(35,36)32-18-23(33)19-37-20-27-26(32)11-10-24(38-27)17-29(34)31-14-12-22(13-15-31)16-21-6-2-1-3-7-21/h1-9,22-24,26-27,33H,10-20H2/t23-,24+,26-,27+/m0/s1. The molecule has 0 radical (unpaired) electrons. The fourth-order valence-corrected chi connectivity index (χ4v) is 7.79. The Morgan fingerprint density at radius 2 is 1.69 bits per heavy atom. The largest absolute Gasteiger partial charge is 0.389 e. The zero-order chi connectivity index (χ0) is 27.4. The number of sulfonamides is 1. The van der Waals surface area contributed by atoms with Crippen molar-refractivity contribution in [3.63, 3.8) is 0 Å². The Morgan fingerprint density at radius 3 is 2.44 bits per heavy atom. The van der Waals surface area contributed by atoms with Crippen LogP contribution in [0.25, 0.3) is 0 Å². The SMILES string of the molecule is O=C(C[C@H]1CC[C@H]2[C@@H](COC[C@@H](O)CN2S(=O)(=O)c2ccccc2F)O1)N1CCC(Cc2ccccc2)CC1. The summed E-state index contributed by atoms with van der Waals surface area (Å²) >= 11 is 0. The van der Waals surface area contributed by atoms with Gasteiger partial charge in [-0.25, -0.2) is 12.8 Å². The Labute approximate surface area is 229 Å². The first kappa shape index (κ1) is 28.2. The van der Waals surface area contributed by atoms with Crippen molar-refractivity contribution < 1.29 is 32.2 Å². The number of rotatable bonds is 6. The average molecular weight is 561 g/mol. The number of halogens is 1. The van der Waals surface area contributed by atoms with Crippen LogP contribution < -0.4 is 0 Å². The van der Waals surface area contributed by atoms with E-state index in [2.05, 4.69) is 24.3 Å². The van der Waals surface area contributed by atoms with Crippen molar-refractivity contribution in [3.8, 4) is 0 Å². The van der Waals surface area contributed by atoms with Crippen LogP contribution in [0, 0.1) is 11.7 Å². The van der Waals surface area contributed by atoms with E-state index < -0.39 is 39.0 Å². The summed E-state index contributed by atoms with van der Waals surface area (Å²) in [5.74, 6) is -0.225. The van der Waals surface area contributed by atoms with Gasteiger partial charge < -0.3 is 19.5 Å². The molecule has 2 aromatic carbocycles. The van der Waals surface area contributed by atoms with Gasteiger partial charge in [0.2, 0.25) is 15.9 Å². The Kier molecular flexibility index (Phi) is 8.98. The third-order valence-corrected chi connectivity index (χ3v) is 10.0. The van der Waals surface area contributed by atoms with Crippen molar-refractivity contribution in [1.29, 1.82) is 0 Å². The molecule has 0 saturated carbocycles. The van der Waals surface area contributed by atoms with Crippen LogP contribution in [0.2, 0.25) is 0 Å². The molecule has 4 atom stereocenters. The monoisotopic (exact) mass is 560 g/mol. The minimum absolute atomic E-state index is 0.0506. The Bertz CT molecular complexity index is 1220. The Balaban J connectivity index is 1.20. The summed E-state index contributed by atoms with van der Waals surface area (Å²) in [6, 6.07) is 15.0. The number of nitrogens with zero attached hydrogens (tertiary/aromatic N) is 2. The number of β-amino-alcohol motifs (C(OH)–C–C–N with tert-alkyl or cyclic N) is 1. The molecule has 39 heavy (non-hydrogen) atoms. The van der Waals surface area contributed by atoms with Crippen molar-refractivity contribution in [3.05, 3.63) is 66.0 Å². The molecule has 0 bridgehead atoms. The molecule has 5 rings (SSSR count). The molecule has 10 heteroatoms. The van der Waals surface area contributed by atoms with Crippen molar-refractivity contribution in [2.24, 2.45) is 5.92 Å². The lowest BCUT2D eigenvalue weighted by atomic mass is 9.90. The number of carbonyl (C=O) groups is 1. The van der Waals surface area contributed by atoms with Crippen LogP contribution in [0.1, 0.15) is 37.7 Å². The lowest BCUT2D eigenvalue weighted by Crippen LogP contribution is -2.57. The van der Waals surface area contributed by atoms with Crippen LogP contribution in [0.3, 0.4) is 0 Å². The van der Waals surface area contributed by atoms with Gasteiger partial charge >= 0.3 is 0 Å². The van der Waals surface area contributed by atoms with E-state index >= 15 is 0 Å². The summed E-state index contributed by atoms with van der Waals surface area (Å²) in [4.78, 5) is 14.6. The molecule has 212 valence electrons. The van der Waals surface area contributed by atoms with Gasteiger partial charge in [-0.15, -0.1) is 0 Å². The van der Waals surface area contributed by atoms with Gasteiger partial charge in [-0.1, -0.05) is 42.5 Å². The molecule has 3 saturated heterocycles. The maximum atomic E-state index is 14.5. The smallest absolute Gasteiger partial charge is 0.246 e. The van der Waals surface area contributed by atoms with Gasteiger partial charge in [-0.05, 0) is 55.7 Å². The summed E-state index contributed by atoms with van der Waals surface area (Å²) in [5.41, 5.74) is 1.33. The van der Waals surface area contributed by atoms with E-state index in [-0.39, 0.29) is 38.2 Å². The van der Waals surface area contributed by atoms with Gasteiger partial charge in [0.25, 0.3) is 0 Å². The van der Waals surface area contributed by atoms with E-state index in [1.165, 1.54) is 28.1 Å². The topological polar surface area (TPSA) is 96.4 Å². The minimum Gasteiger partial charge on any atom is -0.389 e. The molecule has 0 unspecified atom stereocenters. The Morgan fingerprint density at radius 1 is 0.974 bits per heavy atom. The van der Waals surface area contributed by atoms with Gasteiger partial charge in [0, 0.05) is 19.6 Å². The molecule has 8 nitrogen and oxygen atoms in total. The normalized spacial score (nSPS) is 27.4. The van der Waals surface area contributed by atoms with Crippen LogP contribution in [-0.2, 0) is 30.7 Å². The number of ether oxygens (including phenoxy) is 2. The van der Waals surface area contributed by atoms with E-state index in [4.69, 9.17) is 9.47 Å². The molecular formula is C29H37FN2O6S. The number of fused-ring (bicyclic) bond motifs is 1. The van der Waals surface area contributed by atoms with Crippen LogP contribution in [-0.4, -0.2) is 85.8 Å². The highest BCUT2D eigenvalue weighted by Gasteiger charge is 2.44. The van der Waals surface area contributed by atoms with E-state index in [1.807, 2.05) is 11.0 Å². The van der Waals surface area contributed by atoms with E-state index in [9.17, 15) is 22.7 Å². The van der Waals surface area contributed by atoms with E-state index in [1.54, 1.807) is 0 Å². The molecular weight excluding hydrogens is 523 g/mol. The summed E-state index contributed by atoms with van der Waals surface area (Å²) in [6.07, 6.45) is 2.08. The van der Waals surface area contributed by atoms with Gasteiger partial charge in [-0.2, -0.15) is 4.31 Å². The van der Waals surface area contributed by atoms with Crippen molar-refractivity contribution in [2.45, 2.75) is 67.8 Å². The van der Waals surface area contributed by atoms with Crippen LogP contribution in [0.15, 0.2) is 59.5 Å². The van der Waals surface area contributed by atoms with Crippen LogP contribution in [0.5, 0.6) is 0 Å². The summed E-state index contributed by atoms with van der Waals surface area (Å²) in [6.45, 7) is 1.26. The maximum Gasteiger partial charge on any atom is 0.246 e. The van der Waals surface area contributed by atoms with E-state index in [0.717, 1.165) is 38.4 Å². The average Bonchev–Trinajstić information content (AvgIpc) is 2.92. The summed E-state index contributed by atoms with van der Waals surface area (Å²) in [7, 11) is -4.23. The molecule has 1 amide bonds. The second-order valence-corrected chi connectivity index (χ2v) is 12.7. The number of piperidine rings is 1.